The molecule has 0 spiro atoms. The summed E-state index contributed by atoms with van der Waals surface area (Å²) in [5.74, 6) is 2.88. The largest absolute Gasteiger partial charge is 0.0851 e. The molecule has 1 fully saturated rings. The maximum Gasteiger partial charge on any atom is -0.0175 e. The Bertz CT molecular complexity index is 214. The molecule has 0 nitrogen and oxygen atoms in total. The summed E-state index contributed by atoms with van der Waals surface area (Å²) in [6.07, 6.45) is 12.3. The fourth-order valence-electron chi connectivity index (χ4n) is 2.74. The third-order valence-corrected chi connectivity index (χ3v) is 4.06. The van der Waals surface area contributed by atoms with Gasteiger partial charge in [0.05, 0.1) is 0 Å². The Kier molecular flexibility index (Phi) is 6.16. The molecular weight excluding hydrogens is 192 g/mol. The van der Waals surface area contributed by atoms with Crippen LogP contribution >= 0.6 is 0 Å². The van der Waals surface area contributed by atoms with Crippen molar-refractivity contribution in [3.63, 3.8) is 0 Å². The summed E-state index contributed by atoms with van der Waals surface area (Å²) in [5.41, 5.74) is 1.68. The van der Waals surface area contributed by atoms with Crippen molar-refractivity contribution < 1.29 is 0 Å². The zero-order chi connectivity index (χ0) is 12.0. The van der Waals surface area contributed by atoms with E-state index < -0.39 is 0 Å². The lowest BCUT2D eigenvalue weighted by molar-refractivity contribution is 0.529. The van der Waals surface area contributed by atoms with Gasteiger partial charge < -0.3 is 0 Å². The van der Waals surface area contributed by atoms with Gasteiger partial charge in [-0.15, -0.1) is 0 Å². The van der Waals surface area contributed by atoms with Crippen molar-refractivity contribution in [3.05, 3.63) is 11.6 Å². The molecule has 3 atom stereocenters. The third kappa shape index (κ3) is 4.72. The molecule has 1 aliphatic carbocycles. The molecule has 0 heterocycles. The number of allylic oxidation sites excluding steroid dienone is 2. The van der Waals surface area contributed by atoms with Crippen LogP contribution in [-0.2, 0) is 0 Å². The van der Waals surface area contributed by atoms with Crippen LogP contribution < -0.4 is 0 Å². The van der Waals surface area contributed by atoms with Gasteiger partial charge in [0, 0.05) is 0 Å². The van der Waals surface area contributed by atoms with Crippen LogP contribution in [0.15, 0.2) is 11.6 Å². The molecule has 0 amide bonds. The van der Waals surface area contributed by atoms with Crippen LogP contribution in [0.4, 0.5) is 0 Å². The van der Waals surface area contributed by atoms with Crippen molar-refractivity contribution in [2.24, 2.45) is 17.8 Å². The zero-order valence-electron chi connectivity index (χ0n) is 11.8. The first-order valence-corrected chi connectivity index (χ1v) is 7.35. The summed E-state index contributed by atoms with van der Waals surface area (Å²) < 4.78 is 0. The average molecular weight is 222 g/mol. The Morgan fingerprint density at radius 1 is 1.31 bits per heavy atom. The SMILES string of the molecule is CCCCC1CC1C(C)=CCC(C)CCC. The molecule has 1 rings (SSSR count). The van der Waals surface area contributed by atoms with E-state index in [1.165, 1.54) is 44.9 Å². The average Bonchev–Trinajstić information content (AvgIpc) is 3.03. The minimum atomic E-state index is 0.882. The van der Waals surface area contributed by atoms with Gasteiger partial charge >= 0.3 is 0 Å². The maximum atomic E-state index is 2.52. The number of rotatable bonds is 8. The third-order valence-electron chi connectivity index (χ3n) is 4.06. The van der Waals surface area contributed by atoms with Crippen molar-refractivity contribution in [2.75, 3.05) is 0 Å². The fraction of sp³-hybridized carbons (Fsp3) is 0.875. The summed E-state index contributed by atoms with van der Waals surface area (Å²) in [7, 11) is 0. The van der Waals surface area contributed by atoms with Crippen LogP contribution in [0.5, 0.6) is 0 Å². The van der Waals surface area contributed by atoms with E-state index in [-0.39, 0.29) is 0 Å². The van der Waals surface area contributed by atoms with Gasteiger partial charge in [-0.1, -0.05) is 58.1 Å². The lowest BCUT2D eigenvalue weighted by Crippen LogP contribution is -1.93. The van der Waals surface area contributed by atoms with Crippen LogP contribution in [-0.4, -0.2) is 0 Å². The molecule has 0 radical (unpaired) electrons. The molecule has 3 unspecified atom stereocenters. The zero-order valence-corrected chi connectivity index (χ0v) is 11.8. The Morgan fingerprint density at radius 2 is 2.06 bits per heavy atom. The first-order valence-electron chi connectivity index (χ1n) is 7.35. The Hall–Kier alpha value is -0.260. The molecule has 0 aromatic heterocycles. The minimum absolute atomic E-state index is 0.882. The van der Waals surface area contributed by atoms with E-state index in [1.54, 1.807) is 5.57 Å². The van der Waals surface area contributed by atoms with Gasteiger partial charge in [-0.05, 0) is 43.9 Å². The van der Waals surface area contributed by atoms with E-state index in [9.17, 15) is 0 Å². The summed E-state index contributed by atoms with van der Waals surface area (Å²) >= 11 is 0. The molecule has 0 bridgehead atoms. The van der Waals surface area contributed by atoms with Crippen LogP contribution in [0.25, 0.3) is 0 Å². The first-order chi connectivity index (χ1) is 7.69. The molecule has 0 N–H and O–H groups in total. The normalized spacial score (nSPS) is 26.9. The van der Waals surface area contributed by atoms with Crippen molar-refractivity contribution in [2.45, 2.75) is 72.6 Å². The topological polar surface area (TPSA) is 0 Å². The standard InChI is InChI=1S/C16H30/c1-5-7-9-15-12-16(15)14(4)11-10-13(3)8-6-2/h11,13,15-16H,5-10,12H2,1-4H3. The second kappa shape index (κ2) is 7.14. The van der Waals surface area contributed by atoms with Gasteiger partial charge in [0.15, 0.2) is 0 Å². The van der Waals surface area contributed by atoms with Gasteiger partial charge in [0.2, 0.25) is 0 Å². The molecule has 0 aliphatic heterocycles. The van der Waals surface area contributed by atoms with Crippen LogP contribution in [0.3, 0.4) is 0 Å². The number of unbranched alkanes of at least 4 members (excludes halogenated alkanes) is 1. The monoisotopic (exact) mass is 222 g/mol. The highest BCUT2D eigenvalue weighted by atomic mass is 14.4. The molecule has 0 aromatic carbocycles. The van der Waals surface area contributed by atoms with Crippen LogP contribution in [0, 0.1) is 17.8 Å². The van der Waals surface area contributed by atoms with Gasteiger partial charge in [-0.3, -0.25) is 0 Å². The van der Waals surface area contributed by atoms with Gasteiger partial charge in [0.1, 0.15) is 0 Å². The second-order valence-corrected chi connectivity index (χ2v) is 5.82. The van der Waals surface area contributed by atoms with Gasteiger partial charge in [-0.25, -0.2) is 0 Å². The van der Waals surface area contributed by atoms with Crippen LogP contribution in [0.2, 0.25) is 0 Å². The smallest absolute Gasteiger partial charge is 0.0175 e. The van der Waals surface area contributed by atoms with Gasteiger partial charge in [-0.2, -0.15) is 0 Å². The van der Waals surface area contributed by atoms with E-state index in [0.717, 1.165) is 17.8 Å². The summed E-state index contributed by atoms with van der Waals surface area (Å²) in [6, 6.07) is 0. The molecule has 94 valence electrons. The predicted octanol–water partition coefficient (Wildman–Crippen LogP) is 5.59. The second-order valence-electron chi connectivity index (χ2n) is 5.82. The quantitative estimate of drug-likeness (QED) is 0.470. The summed E-state index contributed by atoms with van der Waals surface area (Å²) in [4.78, 5) is 0. The Balaban J connectivity index is 2.20. The molecule has 0 saturated heterocycles. The minimum Gasteiger partial charge on any atom is -0.0851 e. The highest BCUT2D eigenvalue weighted by molar-refractivity contribution is 5.13. The van der Waals surface area contributed by atoms with Crippen molar-refractivity contribution in [3.8, 4) is 0 Å². The predicted molar refractivity (Wildman–Crippen MR) is 73.6 cm³/mol. The van der Waals surface area contributed by atoms with E-state index in [2.05, 4.69) is 33.8 Å². The lowest BCUT2D eigenvalue weighted by atomic mass is 9.99. The van der Waals surface area contributed by atoms with Crippen molar-refractivity contribution >= 4 is 0 Å². The van der Waals surface area contributed by atoms with Crippen LogP contribution in [0.1, 0.15) is 72.6 Å². The number of hydrogen-bond acceptors (Lipinski definition) is 0. The molecule has 0 aromatic rings. The maximum absolute atomic E-state index is 2.52. The Morgan fingerprint density at radius 3 is 2.69 bits per heavy atom. The highest BCUT2D eigenvalue weighted by Crippen LogP contribution is 2.47. The van der Waals surface area contributed by atoms with Crippen molar-refractivity contribution in [1.29, 1.82) is 0 Å². The molecule has 1 saturated carbocycles. The van der Waals surface area contributed by atoms with E-state index in [4.69, 9.17) is 0 Å². The van der Waals surface area contributed by atoms with Crippen molar-refractivity contribution in [1.82, 2.24) is 0 Å². The van der Waals surface area contributed by atoms with E-state index >= 15 is 0 Å². The molecule has 1 aliphatic rings. The van der Waals surface area contributed by atoms with E-state index in [0.29, 0.717) is 0 Å². The summed E-state index contributed by atoms with van der Waals surface area (Å²) in [5, 5.41) is 0. The Labute approximate surface area is 103 Å². The molecule has 0 heteroatoms. The fourth-order valence-corrected chi connectivity index (χ4v) is 2.74. The highest BCUT2D eigenvalue weighted by Gasteiger charge is 2.36. The lowest BCUT2D eigenvalue weighted by Gasteiger charge is -2.07. The van der Waals surface area contributed by atoms with E-state index in [1.807, 2.05) is 0 Å². The summed E-state index contributed by atoms with van der Waals surface area (Å²) in [6.45, 7) is 9.32. The molecular formula is C16H30. The van der Waals surface area contributed by atoms with Gasteiger partial charge in [0.25, 0.3) is 0 Å². The number of hydrogen-bond donors (Lipinski definition) is 0. The molecule has 16 heavy (non-hydrogen) atoms. The first kappa shape index (κ1) is 13.8.